The molecule has 0 aromatic carbocycles. The van der Waals surface area contributed by atoms with Gasteiger partial charge in [-0.1, -0.05) is 5.92 Å². The van der Waals surface area contributed by atoms with Gasteiger partial charge >= 0.3 is 0 Å². The quantitative estimate of drug-likeness (QED) is 0.416. The first-order chi connectivity index (χ1) is 6.90. The smallest absolute Gasteiger partial charge is 0.261 e. The van der Waals surface area contributed by atoms with Gasteiger partial charge in [0.25, 0.3) is 5.78 Å². The fraction of sp³-hybridized carbons (Fsp3) is 0.727. The number of carbonyl (C=O) groups is 1. The summed E-state index contributed by atoms with van der Waals surface area (Å²) in [7, 11) is 0. The highest BCUT2D eigenvalue weighted by Gasteiger charge is 2.17. The van der Waals surface area contributed by atoms with Crippen molar-refractivity contribution >= 4 is 5.78 Å². The Bertz CT molecular complexity index is 248. The van der Waals surface area contributed by atoms with E-state index in [-0.39, 0.29) is 0 Å². The van der Waals surface area contributed by atoms with Crippen molar-refractivity contribution in [3.63, 3.8) is 0 Å². The van der Waals surface area contributed by atoms with E-state index in [2.05, 4.69) is 11.8 Å². The minimum atomic E-state index is -1.18. The van der Waals surface area contributed by atoms with Crippen LogP contribution in [0, 0.1) is 11.8 Å². The van der Waals surface area contributed by atoms with Crippen LogP contribution in [0.15, 0.2) is 0 Å². The van der Waals surface area contributed by atoms with E-state index in [4.69, 9.17) is 9.47 Å². The highest BCUT2D eigenvalue weighted by Crippen LogP contribution is 1.99. The van der Waals surface area contributed by atoms with Crippen molar-refractivity contribution in [1.82, 2.24) is 0 Å². The van der Waals surface area contributed by atoms with Gasteiger partial charge in [0.15, 0.2) is 0 Å². The van der Waals surface area contributed by atoms with Gasteiger partial charge in [-0.15, -0.1) is 0 Å². The Morgan fingerprint density at radius 3 is 2.13 bits per heavy atom. The lowest BCUT2D eigenvalue weighted by Gasteiger charge is -2.12. The van der Waals surface area contributed by atoms with Gasteiger partial charge < -0.3 is 14.6 Å². The van der Waals surface area contributed by atoms with Crippen LogP contribution in [0.3, 0.4) is 0 Å². The summed E-state index contributed by atoms with van der Waals surface area (Å²) < 4.78 is 10.1. The number of aliphatic hydroxyl groups is 1. The van der Waals surface area contributed by atoms with Crippen LogP contribution in [0.4, 0.5) is 0 Å². The van der Waals surface area contributed by atoms with Crippen LogP contribution in [0.5, 0.6) is 0 Å². The number of ether oxygens (including phenoxy) is 2. The molecule has 4 nitrogen and oxygen atoms in total. The fourth-order valence-electron chi connectivity index (χ4n) is 0.776. The average molecular weight is 214 g/mol. The largest absolute Gasteiger partial charge is 0.378 e. The van der Waals surface area contributed by atoms with Crippen LogP contribution in [-0.4, -0.2) is 36.0 Å². The van der Waals surface area contributed by atoms with Crippen molar-refractivity contribution in [2.75, 3.05) is 13.2 Å². The van der Waals surface area contributed by atoms with E-state index in [1.54, 1.807) is 13.8 Å². The summed E-state index contributed by atoms with van der Waals surface area (Å²) in [5.41, 5.74) is -1.18. The van der Waals surface area contributed by atoms with Gasteiger partial charge in [-0.05, 0) is 33.6 Å². The second-order valence-corrected chi connectivity index (χ2v) is 3.42. The maximum Gasteiger partial charge on any atom is 0.261 e. The molecule has 4 heteroatoms. The maximum absolute atomic E-state index is 11.4. The molecule has 0 bridgehead atoms. The molecular weight excluding hydrogens is 196 g/mol. The number of Topliss-reactive ketones (excluding diaryl/α,β-unsaturated/α-hetero) is 1. The summed E-state index contributed by atoms with van der Waals surface area (Å²) in [5, 5.41) is 9.30. The molecule has 0 heterocycles. The molecule has 86 valence electrons. The fourth-order valence-corrected chi connectivity index (χ4v) is 0.776. The van der Waals surface area contributed by atoms with Crippen molar-refractivity contribution in [1.29, 1.82) is 0 Å². The second-order valence-electron chi connectivity index (χ2n) is 3.42. The molecule has 0 aliphatic carbocycles. The van der Waals surface area contributed by atoms with Gasteiger partial charge in [0.05, 0.1) is 0 Å². The Kier molecular flexibility index (Phi) is 6.18. The van der Waals surface area contributed by atoms with E-state index in [1.165, 1.54) is 13.8 Å². The topological polar surface area (TPSA) is 55.8 Å². The van der Waals surface area contributed by atoms with Crippen LogP contribution in [0.1, 0.15) is 27.7 Å². The third kappa shape index (κ3) is 7.09. The second kappa shape index (κ2) is 6.57. The molecule has 0 unspecified atom stereocenters. The van der Waals surface area contributed by atoms with E-state index in [9.17, 15) is 9.90 Å². The van der Waals surface area contributed by atoms with E-state index in [0.717, 1.165) is 0 Å². The molecule has 0 atom stereocenters. The average Bonchev–Trinajstić information content (AvgIpc) is 2.13. The number of rotatable bonds is 5. The highest BCUT2D eigenvalue weighted by atomic mass is 16.7. The molecule has 15 heavy (non-hydrogen) atoms. The number of hydrogen-bond donors (Lipinski definition) is 1. The Balaban J connectivity index is 4.42. The van der Waals surface area contributed by atoms with Crippen LogP contribution < -0.4 is 0 Å². The first-order valence-electron chi connectivity index (χ1n) is 4.93. The summed E-state index contributed by atoms with van der Waals surface area (Å²) in [6.07, 6.45) is -0.949. The van der Waals surface area contributed by atoms with Crippen molar-refractivity contribution in [3.05, 3.63) is 0 Å². The van der Waals surface area contributed by atoms with Crippen LogP contribution in [0.25, 0.3) is 0 Å². The number of hydrogen-bond acceptors (Lipinski definition) is 4. The molecule has 0 aromatic heterocycles. The molecule has 0 saturated heterocycles. The normalized spacial score (nSPS) is 11.1. The van der Waals surface area contributed by atoms with Gasteiger partial charge in [0, 0.05) is 13.2 Å². The van der Waals surface area contributed by atoms with Gasteiger partial charge in [-0.25, -0.2) is 0 Å². The third-order valence-electron chi connectivity index (χ3n) is 1.34. The minimum Gasteiger partial charge on any atom is -0.378 e. The lowest BCUT2D eigenvalue weighted by molar-refractivity contribution is -0.162. The Morgan fingerprint density at radius 2 is 1.80 bits per heavy atom. The Labute approximate surface area is 90.6 Å². The first kappa shape index (κ1) is 14.1. The molecule has 0 aliphatic heterocycles. The highest BCUT2D eigenvalue weighted by molar-refractivity contribution is 5.98. The molecule has 1 N–H and O–H groups in total. The summed E-state index contributed by atoms with van der Waals surface area (Å²) in [6, 6.07) is 0. The third-order valence-corrected chi connectivity index (χ3v) is 1.34. The maximum atomic E-state index is 11.4. The zero-order valence-electron chi connectivity index (χ0n) is 9.66. The van der Waals surface area contributed by atoms with Crippen LogP contribution in [0.2, 0.25) is 0 Å². The van der Waals surface area contributed by atoms with Gasteiger partial charge in [-0.3, -0.25) is 4.79 Å². The van der Waals surface area contributed by atoms with Gasteiger partial charge in [0.2, 0.25) is 6.29 Å². The lowest BCUT2D eigenvalue weighted by Crippen LogP contribution is -2.27. The lowest BCUT2D eigenvalue weighted by atomic mass is 10.1. The van der Waals surface area contributed by atoms with E-state index < -0.39 is 17.7 Å². The van der Waals surface area contributed by atoms with E-state index in [0.29, 0.717) is 13.2 Å². The van der Waals surface area contributed by atoms with Gasteiger partial charge in [-0.2, -0.15) is 0 Å². The van der Waals surface area contributed by atoms with Gasteiger partial charge in [0.1, 0.15) is 5.60 Å². The summed E-state index contributed by atoms with van der Waals surface area (Å²) >= 11 is 0. The van der Waals surface area contributed by atoms with Crippen molar-refractivity contribution in [2.45, 2.75) is 39.6 Å². The molecule has 0 aromatic rings. The van der Waals surface area contributed by atoms with Crippen molar-refractivity contribution < 1.29 is 19.4 Å². The summed E-state index contributed by atoms with van der Waals surface area (Å²) in [4.78, 5) is 11.4. The predicted octanol–water partition coefficient (Wildman–Crippen LogP) is 0.729. The summed E-state index contributed by atoms with van der Waals surface area (Å²) in [5.74, 6) is 4.25. The zero-order valence-corrected chi connectivity index (χ0v) is 9.66. The molecule has 0 aliphatic rings. The Morgan fingerprint density at radius 1 is 1.33 bits per heavy atom. The monoisotopic (exact) mass is 214 g/mol. The predicted molar refractivity (Wildman–Crippen MR) is 56.1 cm³/mol. The first-order valence-corrected chi connectivity index (χ1v) is 4.93. The minimum absolute atomic E-state index is 0.376. The molecule has 0 rings (SSSR count). The van der Waals surface area contributed by atoms with Crippen molar-refractivity contribution in [3.8, 4) is 11.8 Å². The molecule has 0 amide bonds. The van der Waals surface area contributed by atoms with Crippen LogP contribution >= 0.6 is 0 Å². The van der Waals surface area contributed by atoms with E-state index >= 15 is 0 Å². The standard InChI is InChI=1S/C11H18O4/c1-5-14-10(15-6-2)9(12)7-8-11(3,4)13/h10,13H,5-6H2,1-4H3. The summed E-state index contributed by atoms with van der Waals surface area (Å²) in [6.45, 7) is 7.29. The number of ketones is 1. The molecule has 0 fully saturated rings. The number of carbonyl (C=O) groups excluding carboxylic acids is 1. The van der Waals surface area contributed by atoms with Crippen LogP contribution in [-0.2, 0) is 14.3 Å². The molecule has 0 spiro atoms. The van der Waals surface area contributed by atoms with Crippen molar-refractivity contribution in [2.24, 2.45) is 0 Å². The van der Waals surface area contributed by atoms with E-state index in [1.807, 2.05) is 0 Å². The molecule has 0 radical (unpaired) electrons. The SMILES string of the molecule is CCOC(OCC)C(=O)C#CC(C)(C)O. The Hall–Kier alpha value is -0.890. The molecule has 0 saturated carbocycles. The molecular formula is C11H18O4. The zero-order chi connectivity index (χ0) is 11.9.